The maximum Gasteiger partial charge on any atom is 0.265 e. The summed E-state index contributed by atoms with van der Waals surface area (Å²) in [6, 6.07) is 17.5. The molecule has 9 heteroatoms. The molecule has 0 radical (unpaired) electrons. The molecule has 0 bridgehead atoms. The van der Waals surface area contributed by atoms with Crippen LogP contribution in [0, 0.1) is 0 Å². The van der Waals surface area contributed by atoms with Crippen molar-refractivity contribution in [3.63, 3.8) is 0 Å². The summed E-state index contributed by atoms with van der Waals surface area (Å²) < 4.78 is 33.0. The van der Waals surface area contributed by atoms with Gasteiger partial charge in [-0.15, -0.1) is 0 Å². The van der Waals surface area contributed by atoms with Crippen molar-refractivity contribution < 1.29 is 17.9 Å². The summed E-state index contributed by atoms with van der Waals surface area (Å²) in [5, 5.41) is 3.24. The van der Waals surface area contributed by atoms with Gasteiger partial charge in [-0.1, -0.05) is 30.7 Å². The highest BCUT2D eigenvalue weighted by Crippen LogP contribution is 2.21. The van der Waals surface area contributed by atoms with Crippen LogP contribution in [0.3, 0.4) is 0 Å². The fourth-order valence-electron chi connectivity index (χ4n) is 2.59. The zero-order valence-electron chi connectivity index (χ0n) is 16.1. The van der Waals surface area contributed by atoms with E-state index < -0.39 is 16.1 Å². The highest BCUT2D eigenvalue weighted by atomic mass is 35.5. The molecule has 0 saturated heterocycles. The summed E-state index contributed by atoms with van der Waals surface area (Å²) in [7, 11) is -3.79. The van der Waals surface area contributed by atoms with E-state index >= 15 is 0 Å². The molecule has 2 N–H and O–H groups in total. The van der Waals surface area contributed by atoms with Gasteiger partial charge in [0, 0.05) is 16.9 Å². The molecular formula is C21H20ClN3O4S. The number of pyridine rings is 1. The van der Waals surface area contributed by atoms with Crippen LogP contribution in [0.5, 0.6) is 5.75 Å². The first-order chi connectivity index (χ1) is 14.4. The van der Waals surface area contributed by atoms with E-state index in [-0.39, 0.29) is 16.6 Å². The molecule has 0 spiro atoms. The number of rotatable bonds is 8. The third-order valence-corrected chi connectivity index (χ3v) is 5.68. The van der Waals surface area contributed by atoms with Crippen molar-refractivity contribution in [3.05, 3.63) is 77.9 Å². The van der Waals surface area contributed by atoms with Crippen molar-refractivity contribution >= 4 is 39.0 Å². The largest absolute Gasteiger partial charge is 0.481 e. The third kappa shape index (κ3) is 5.71. The van der Waals surface area contributed by atoms with Crippen molar-refractivity contribution in [1.82, 2.24) is 4.98 Å². The van der Waals surface area contributed by atoms with Gasteiger partial charge >= 0.3 is 0 Å². The van der Waals surface area contributed by atoms with Gasteiger partial charge in [0.15, 0.2) is 6.10 Å². The van der Waals surface area contributed by atoms with Gasteiger partial charge in [0.25, 0.3) is 15.9 Å². The number of aromatic nitrogens is 1. The maximum absolute atomic E-state index is 12.5. The second kappa shape index (κ2) is 9.60. The van der Waals surface area contributed by atoms with Crippen molar-refractivity contribution in [1.29, 1.82) is 0 Å². The first-order valence-electron chi connectivity index (χ1n) is 9.14. The Morgan fingerprint density at radius 3 is 2.50 bits per heavy atom. The Morgan fingerprint density at radius 1 is 1.10 bits per heavy atom. The molecule has 30 heavy (non-hydrogen) atoms. The summed E-state index contributed by atoms with van der Waals surface area (Å²) in [6.07, 6.45) is 1.21. The van der Waals surface area contributed by atoms with Crippen LogP contribution in [0.15, 0.2) is 77.8 Å². The normalized spacial score (nSPS) is 12.1. The summed E-state index contributed by atoms with van der Waals surface area (Å²) in [6.45, 7) is 1.83. The van der Waals surface area contributed by atoms with E-state index in [2.05, 4.69) is 15.0 Å². The van der Waals surface area contributed by atoms with Crippen LogP contribution >= 0.6 is 11.6 Å². The molecule has 0 saturated carbocycles. The monoisotopic (exact) mass is 445 g/mol. The summed E-state index contributed by atoms with van der Waals surface area (Å²) in [4.78, 5) is 16.5. The van der Waals surface area contributed by atoms with Crippen LogP contribution in [-0.4, -0.2) is 25.4 Å². The lowest BCUT2D eigenvalue weighted by atomic mass is 10.2. The predicted octanol–water partition coefficient (Wildman–Crippen LogP) is 4.33. The SMILES string of the molecule is CC[C@H](Oc1cccc(Cl)c1)C(=O)Nc1ccc(S(=O)(=O)Nc2ccccn2)cc1. The Morgan fingerprint density at radius 2 is 1.87 bits per heavy atom. The second-order valence-electron chi connectivity index (χ2n) is 6.31. The average Bonchev–Trinajstić information content (AvgIpc) is 2.73. The van der Waals surface area contributed by atoms with Crippen LogP contribution in [0.25, 0.3) is 0 Å². The number of benzene rings is 2. The van der Waals surface area contributed by atoms with E-state index in [4.69, 9.17) is 16.3 Å². The zero-order chi connectivity index (χ0) is 21.6. The minimum Gasteiger partial charge on any atom is -0.481 e. The Labute approximate surface area is 180 Å². The van der Waals surface area contributed by atoms with Gasteiger partial charge in [-0.25, -0.2) is 13.4 Å². The van der Waals surface area contributed by atoms with E-state index in [1.165, 1.54) is 30.5 Å². The molecule has 1 atom stereocenters. The third-order valence-electron chi connectivity index (χ3n) is 4.07. The van der Waals surface area contributed by atoms with Crippen molar-refractivity contribution in [2.45, 2.75) is 24.3 Å². The topological polar surface area (TPSA) is 97.4 Å². The number of hydrogen-bond acceptors (Lipinski definition) is 5. The number of nitrogens with zero attached hydrogens (tertiary/aromatic N) is 1. The molecule has 0 fully saturated rings. The molecule has 1 amide bonds. The van der Waals surface area contributed by atoms with Crippen LogP contribution in [0.1, 0.15) is 13.3 Å². The van der Waals surface area contributed by atoms with Crippen LogP contribution in [0.2, 0.25) is 5.02 Å². The number of hydrogen-bond donors (Lipinski definition) is 2. The number of amides is 1. The number of carbonyl (C=O) groups excluding carboxylic acids is 1. The molecule has 3 aromatic rings. The van der Waals surface area contributed by atoms with Gasteiger partial charge in [0.2, 0.25) is 0 Å². The average molecular weight is 446 g/mol. The highest BCUT2D eigenvalue weighted by molar-refractivity contribution is 7.92. The molecule has 0 aliphatic carbocycles. The second-order valence-corrected chi connectivity index (χ2v) is 8.43. The quantitative estimate of drug-likeness (QED) is 0.537. The summed E-state index contributed by atoms with van der Waals surface area (Å²) >= 11 is 5.94. The molecule has 7 nitrogen and oxygen atoms in total. The molecule has 0 aliphatic heterocycles. The minimum absolute atomic E-state index is 0.0494. The Balaban J connectivity index is 1.66. The first-order valence-corrected chi connectivity index (χ1v) is 11.0. The van der Waals surface area contributed by atoms with Crippen molar-refractivity contribution in [2.24, 2.45) is 0 Å². The smallest absolute Gasteiger partial charge is 0.265 e. The van der Waals surface area contributed by atoms with Gasteiger partial charge in [-0.05, 0) is 61.0 Å². The van der Waals surface area contributed by atoms with E-state index in [9.17, 15) is 13.2 Å². The fraction of sp³-hybridized carbons (Fsp3) is 0.143. The van der Waals surface area contributed by atoms with Gasteiger partial charge in [0.1, 0.15) is 11.6 Å². The number of anilines is 2. The van der Waals surface area contributed by atoms with E-state index in [1.54, 1.807) is 42.5 Å². The zero-order valence-corrected chi connectivity index (χ0v) is 17.7. The number of carbonyl (C=O) groups is 1. The fourth-order valence-corrected chi connectivity index (χ4v) is 3.78. The molecule has 156 valence electrons. The van der Waals surface area contributed by atoms with E-state index in [0.717, 1.165) is 0 Å². The molecule has 2 aromatic carbocycles. The lowest BCUT2D eigenvalue weighted by Crippen LogP contribution is -2.32. The van der Waals surface area contributed by atoms with Gasteiger partial charge in [0.05, 0.1) is 4.90 Å². The van der Waals surface area contributed by atoms with E-state index in [1.807, 2.05) is 6.92 Å². The molecular weight excluding hydrogens is 426 g/mol. The number of ether oxygens (including phenoxy) is 1. The van der Waals surface area contributed by atoms with Gasteiger partial charge in [-0.2, -0.15) is 0 Å². The van der Waals surface area contributed by atoms with E-state index in [0.29, 0.717) is 22.9 Å². The standard InChI is InChI=1S/C21H20ClN3O4S/c1-2-19(29-17-7-5-6-15(22)14-17)21(26)24-16-9-11-18(12-10-16)30(27,28)25-20-8-3-4-13-23-20/h3-14,19H,2H2,1H3,(H,23,25)(H,24,26)/t19-/m0/s1. The predicted molar refractivity (Wildman–Crippen MR) is 116 cm³/mol. The molecule has 1 aromatic heterocycles. The maximum atomic E-state index is 12.5. The van der Waals surface area contributed by atoms with Crippen molar-refractivity contribution in [2.75, 3.05) is 10.0 Å². The van der Waals surface area contributed by atoms with Crippen LogP contribution < -0.4 is 14.8 Å². The van der Waals surface area contributed by atoms with Crippen molar-refractivity contribution in [3.8, 4) is 5.75 Å². The Bertz CT molecular complexity index is 1110. The van der Waals surface area contributed by atoms with Gasteiger partial charge in [-0.3, -0.25) is 9.52 Å². The summed E-state index contributed by atoms with van der Waals surface area (Å²) in [5.74, 6) is 0.366. The molecule has 0 aliphatic rings. The Kier molecular flexibility index (Phi) is 6.91. The molecule has 1 heterocycles. The molecule has 0 unspecified atom stereocenters. The highest BCUT2D eigenvalue weighted by Gasteiger charge is 2.20. The minimum atomic E-state index is -3.79. The van der Waals surface area contributed by atoms with Gasteiger partial charge < -0.3 is 10.1 Å². The number of sulfonamides is 1. The first kappa shape index (κ1) is 21.6. The van der Waals surface area contributed by atoms with Crippen LogP contribution in [0.4, 0.5) is 11.5 Å². The number of nitrogens with one attached hydrogen (secondary N) is 2. The van der Waals surface area contributed by atoms with Crippen LogP contribution in [-0.2, 0) is 14.8 Å². The lowest BCUT2D eigenvalue weighted by Gasteiger charge is -2.17. The molecule has 3 rings (SSSR count). The summed E-state index contributed by atoms with van der Waals surface area (Å²) in [5.41, 5.74) is 0.449. The Hall–Kier alpha value is -3.10. The number of halogens is 1. The lowest BCUT2D eigenvalue weighted by molar-refractivity contribution is -0.122.